The van der Waals surface area contributed by atoms with Crippen LogP contribution in [0.15, 0.2) is 0 Å². The van der Waals surface area contributed by atoms with Gasteiger partial charge in [-0.3, -0.25) is 4.79 Å². The molecule has 10 heavy (non-hydrogen) atoms. The van der Waals surface area contributed by atoms with Crippen LogP contribution in [0.1, 0.15) is 8.29 Å². The van der Waals surface area contributed by atoms with Crippen LogP contribution in [0.2, 0.25) is 0 Å². The second-order valence-corrected chi connectivity index (χ2v) is 1.88. The first kappa shape index (κ1) is 7.01. The van der Waals surface area contributed by atoms with Crippen LogP contribution in [0.3, 0.4) is 0 Å². The summed E-state index contributed by atoms with van der Waals surface area (Å²) < 4.78 is 7.07. The van der Waals surface area contributed by atoms with Gasteiger partial charge in [0.1, 0.15) is 5.89 Å². The summed E-state index contributed by atoms with van der Waals surface area (Å²) in [7, 11) is 0. The first-order valence-electron chi connectivity index (χ1n) is 3.09. The average Bonchev–Trinajstić information content (AvgIpc) is 1.85. The maximum Gasteiger partial charge on any atom is 0.363 e. The maximum atomic E-state index is 10.3. The lowest BCUT2D eigenvalue weighted by Crippen LogP contribution is -2.68. The van der Waals surface area contributed by atoms with Crippen LogP contribution in [0.4, 0.5) is 0 Å². The Labute approximate surface area is 58.9 Å². The lowest BCUT2D eigenvalue weighted by atomic mass is 10.0. The van der Waals surface area contributed by atoms with Crippen molar-refractivity contribution in [1.29, 1.82) is 0 Å². The molecule has 0 aromatic heterocycles. The van der Waals surface area contributed by atoms with Gasteiger partial charge in [-0.2, -0.15) is 0 Å². The predicted molar refractivity (Wildman–Crippen MR) is 31.1 cm³/mol. The van der Waals surface area contributed by atoms with Crippen molar-refractivity contribution >= 4 is 11.9 Å². The lowest BCUT2D eigenvalue weighted by Gasteiger charge is -2.06. The minimum absolute atomic E-state index is 1.00. The van der Waals surface area contributed by atoms with Gasteiger partial charge in [-0.05, 0) is 6.92 Å². The summed E-state index contributed by atoms with van der Waals surface area (Å²) in [6.07, 6.45) is 0. The van der Waals surface area contributed by atoms with Crippen molar-refractivity contribution in [2.45, 2.75) is 13.0 Å². The van der Waals surface area contributed by atoms with Crippen LogP contribution < -0.4 is 5.73 Å². The van der Waals surface area contributed by atoms with Crippen LogP contribution in [0.5, 0.6) is 0 Å². The molecule has 0 radical (unpaired) electrons. The molecule has 5 nitrogen and oxygen atoms in total. The van der Waals surface area contributed by atoms with Crippen molar-refractivity contribution < 1.29 is 26.9 Å². The van der Waals surface area contributed by atoms with Crippen LogP contribution in [-0.2, 0) is 9.59 Å². The van der Waals surface area contributed by atoms with Gasteiger partial charge < -0.3 is 15.9 Å². The molecule has 0 unspecified atom stereocenters. The first-order chi connectivity index (χ1) is 4.80. The Morgan fingerprint density at radius 1 is 1.50 bits per heavy atom. The smallest absolute Gasteiger partial charge is 0.363 e. The Balaban J connectivity index is 4.55. The van der Waals surface area contributed by atoms with E-state index < -0.39 is 23.9 Å². The summed E-state index contributed by atoms with van der Waals surface area (Å²) >= 11 is 0. The number of carboxylic acid groups (broad SMARTS) is 2. The fourth-order valence-electron chi connectivity index (χ4n) is 0.334. The van der Waals surface area contributed by atoms with Gasteiger partial charge in [-0.15, -0.1) is 0 Å². The van der Waals surface area contributed by atoms with Gasteiger partial charge in [0.25, 0.3) is 0 Å². The molecule has 2 atom stereocenters. The summed E-state index contributed by atoms with van der Waals surface area (Å²) in [4.78, 5) is 20.5. The molecule has 0 saturated heterocycles. The number of carbonyl (C=O) groups is 2. The maximum absolute atomic E-state index is 10.3. The van der Waals surface area contributed by atoms with E-state index in [0.29, 0.717) is 0 Å². The van der Waals surface area contributed by atoms with Crippen LogP contribution in [0.25, 0.3) is 0 Å². The number of aliphatic carboxylic acids is 2. The monoisotopic (exact) mass is 149 g/mol. The van der Waals surface area contributed by atoms with Gasteiger partial charge in [-0.1, -0.05) is 0 Å². The van der Waals surface area contributed by atoms with E-state index in [1.54, 1.807) is 0 Å². The molecule has 0 fully saturated rings. The highest BCUT2D eigenvalue weighted by Gasteiger charge is 2.29. The van der Waals surface area contributed by atoms with Crippen molar-refractivity contribution in [3.8, 4) is 0 Å². The highest BCUT2D eigenvalue weighted by atomic mass is 16.4. The molecule has 0 saturated carbocycles. The zero-order chi connectivity index (χ0) is 9.23. The van der Waals surface area contributed by atoms with E-state index in [4.69, 9.17) is 11.6 Å². The molecule has 5 N–H and O–H groups in total. The zero-order valence-electron chi connectivity index (χ0n) is 6.50. The second kappa shape index (κ2) is 3.17. The number of hydrogen-bond acceptors (Lipinski definition) is 2. The molecule has 5 heteroatoms. The molecule has 0 aliphatic rings. The lowest BCUT2D eigenvalue weighted by molar-refractivity contribution is -0.416. The molecular weight excluding hydrogens is 138 g/mol. The van der Waals surface area contributed by atoms with E-state index in [0.717, 1.165) is 6.92 Å². The number of hydrogen-bond donors (Lipinski definition) is 3. The summed E-state index contributed by atoms with van der Waals surface area (Å²) in [5.74, 6) is -4.93. The minimum atomic E-state index is -2.06. The molecule has 0 aliphatic carbocycles. The van der Waals surface area contributed by atoms with Crippen molar-refractivity contribution in [3.63, 3.8) is 0 Å². The normalized spacial score (nSPS) is 20.4. The van der Waals surface area contributed by atoms with Gasteiger partial charge in [0.05, 0.1) is 0 Å². The Morgan fingerprint density at radius 2 is 1.90 bits per heavy atom. The topological polar surface area (TPSA) is 102 Å². The Morgan fingerprint density at radius 3 is 2.00 bits per heavy atom. The van der Waals surface area contributed by atoms with E-state index in [1.807, 2.05) is 0 Å². The number of rotatable bonds is 3. The molecule has 0 aromatic carbocycles. The molecule has 0 amide bonds. The molecule has 0 aliphatic heterocycles. The predicted octanol–water partition coefficient (Wildman–Crippen LogP) is -1.60. The van der Waals surface area contributed by atoms with Crippen LogP contribution in [0, 0.1) is 5.89 Å². The van der Waals surface area contributed by atoms with Gasteiger partial charge in [0, 0.05) is 1.37 Å². The van der Waals surface area contributed by atoms with Crippen LogP contribution >= 0.6 is 0 Å². The third-order valence-corrected chi connectivity index (χ3v) is 1.16. The van der Waals surface area contributed by atoms with E-state index in [2.05, 4.69) is 5.73 Å². The Hall–Kier alpha value is -1.10. The number of quaternary nitrogens is 1. The molecule has 0 rings (SSSR count). The Bertz CT molecular complexity index is 191. The highest BCUT2D eigenvalue weighted by Crippen LogP contribution is 1.97. The largest absolute Gasteiger partial charge is 0.481 e. The molecule has 58 valence electrons. The summed E-state index contributed by atoms with van der Waals surface area (Å²) in [5.41, 5.74) is 3.06. The minimum Gasteiger partial charge on any atom is -0.481 e. The fraction of sp³-hybridized carbons (Fsp3) is 0.600. The van der Waals surface area contributed by atoms with Gasteiger partial charge in [0.2, 0.25) is 0 Å². The van der Waals surface area contributed by atoms with Crippen LogP contribution in [-0.4, -0.2) is 28.2 Å². The second-order valence-electron chi connectivity index (χ2n) is 1.88. The van der Waals surface area contributed by atoms with E-state index in [-0.39, 0.29) is 0 Å². The summed E-state index contributed by atoms with van der Waals surface area (Å²) in [6.45, 7) is 1.00. The molecule has 0 spiro atoms. The van der Waals surface area contributed by atoms with Crippen molar-refractivity contribution in [1.82, 2.24) is 0 Å². The van der Waals surface area contributed by atoms with Crippen molar-refractivity contribution in [2.24, 2.45) is 5.89 Å². The SMILES string of the molecule is [2H][C@](C)(C(=O)O)[C@@H]([NH3+])C(=O)O. The summed E-state index contributed by atoms with van der Waals surface area (Å²) in [5, 5.41) is 16.7. The number of carboxylic acids is 2. The van der Waals surface area contributed by atoms with E-state index in [1.165, 1.54) is 0 Å². The van der Waals surface area contributed by atoms with E-state index in [9.17, 15) is 9.59 Å². The third-order valence-electron chi connectivity index (χ3n) is 1.16. The van der Waals surface area contributed by atoms with Gasteiger partial charge >= 0.3 is 11.9 Å². The fourth-order valence-corrected chi connectivity index (χ4v) is 0.334. The zero-order valence-corrected chi connectivity index (χ0v) is 5.50. The van der Waals surface area contributed by atoms with Gasteiger partial charge in [0.15, 0.2) is 6.04 Å². The van der Waals surface area contributed by atoms with E-state index >= 15 is 0 Å². The molecular formula is C5H10NO4+. The quantitative estimate of drug-likeness (QED) is 0.449. The average molecular weight is 149 g/mol. The van der Waals surface area contributed by atoms with Crippen molar-refractivity contribution in [2.75, 3.05) is 0 Å². The Kier molecular flexibility index (Phi) is 2.22. The molecule has 0 aromatic rings. The highest BCUT2D eigenvalue weighted by molar-refractivity contribution is 5.80. The van der Waals surface area contributed by atoms with Crippen molar-refractivity contribution in [3.05, 3.63) is 0 Å². The first-order valence-corrected chi connectivity index (χ1v) is 2.59. The van der Waals surface area contributed by atoms with Gasteiger partial charge in [-0.25, -0.2) is 4.79 Å². The molecule has 0 bridgehead atoms. The standard InChI is InChI=1S/C5H9NO4/c1-2(4(7)8)3(6)5(9)10/h2-3H,6H2,1H3,(H,7,8)(H,9,10)/p+1/t2-,3-/m1/s1/i2D. The summed E-state index contributed by atoms with van der Waals surface area (Å²) in [6, 6.07) is -1.46. The molecule has 0 heterocycles. The third kappa shape index (κ3) is 2.02.